The van der Waals surface area contributed by atoms with E-state index < -0.39 is 16.8 Å². The summed E-state index contributed by atoms with van der Waals surface area (Å²) < 4.78 is 12.0. The Kier molecular flexibility index (Phi) is 1.53. The van der Waals surface area contributed by atoms with Gasteiger partial charge in [0.25, 0.3) is 0 Å². The third kappa shape index (κ3) is 1.22. The first-order valence-corrected chi connectivity index (χ1v) is 2.33. The molecule has 0 bridgehead atoms. The number of hydrogen-bond acceptors (Lipinski definition) is 4. The summed E-state index contributed by atoms with van der Waals surface area (Å²) in [6.45, 7) is 0. The Morgan fingerprint density at radius 2 is 2.40 bits per heavy atom. The molecule has 6 heteroatoms. The molecule has 0 radical (unpaired) electrons. The number of rotatable bonds is 1. The molecule has 0 N–H and O–H groups in total. The Morgan fingerprint density at radius 3 is 2.80 bits per heavy atom. The Hall–Kier alpha value is -1.59. The molecule has 0 saturated carbocycles. The summed E-state index contributed by atoms with van der Waals surface area (Å²) >= 11 is 0. The molecule has 0 saturated heterocycles. The van der Waals surface area contributed by atoms with E-state index in [-0.39, 0.29) is 0 Å². The van der Waals surface area contributed by atoms with Crippen molar-refractivity contribution in [2.45, 2.75) is 0 Å². The van der Waals surface area contributed by atoms with Crippen LogP contribution >= 0.6 is 0 Å². The van der Waals surface area contributed by atoms with Gasteiger partial charge in [-0.05, 0) is 4.92 Å². The van der Waals surface area contributed by atoms with E-state index in [1.165, 1.54) is 0 Å². The minimum absolute atomic E-state index is 0.535. The van der Waals surface area contributed by atoms with Crippen LogP contribution < -0.4 is 0 Å². The van der Waals surface area contributed by atoms with Crippen molar-refractivity contribution >= 4 is 5.82 Å². The van der Waals surface area contributed by atoms with Gasteiger partial charge in [-0.2, -0.15) is 4.98 Å². The van der Waals surface area contributed by atoms with Crippen LogP contribution in [0.15, 0.2) is 12.3 Å². The molecule has 0 fully saturated rings. The van der Waals surface area contributed by atoms with Crippen molar-refractivity contribution in [2.75, 3.05) is 0 Å². The second-order valence-corrected chi connectivity index (χ2v) is 1.44. The second kappa shape index (κ2) is 2.34. The maximum atomic E-state index is 12.0. The average molecular weight is 143 g/mol. The summed E-state index contributed by atoms with van der Waals surface area (Å²) in [5.41, 5.74) is 0. The van der Waals surface area contributed by atoms with Crippen LogP contribution in [-0.2, 0) is 0 Å². The fraction of sp³-hybridized carbons (Fsp3) is 0. The molecular weight excluding hydrogens is 141 g/mol. The normalized spacial score (nSPS) is 9.30. The van der Waals surface area contributed by atoms with E-state index in [9.17, 15) is 14.5 Å². The number of nitrogens with zero attached hydrogens (tertiary/aromatic N) is 3. The number of hydrogen-bond donors (Lipinski definition) is 0. The molecule has 0 atom stereocenters. The molecule has 0 unspecified atom stereocenters. The SMILES string of the molecule is O=[N+]([O-])c1ccnc(F)n1. The van der Waals surface area contributed by atoms with Crippen LogP contribution in [0.3, 0.4) is 0 Å². The van der Waals surface area contributed by atoms with Gasteiger partial charge in [0.1, 0.15) is 0 Å². The lowest BCUT2D eigenvalue weighted by molar-refractivity contribution is -0.390. The predicted molar refractivity (Wildman–Crippen MR) is 28.6 cm³/mol. The van der Waals surface area contributed by atoms with Crippen LogP contribution in [0.5, 0.6) is 0 Å². The molecule has 5 nitrogen and oxygen atoms in total. The molecule has 0 aromatic carbocycles. The second-order valence-electron chi connectivity index (χ2n) is 1.44. The summed E-state index contributed by atoms with van der Waals surface area (Å²) in [6, 6.07) is 1.02. The molecule has 0 amide bonds. The smallest absolute Gasteiger partial charge is 0.358 e. The molecule has 1 aromatic rings. The zero-order valence-electron chi connectivity index (χ0n) is 4.69. The Labute approximate surface area is 54.7 Å². The van der Waals surface area contributed by atoms with Gasteiger partial charge in [0, 0.05) is 11.2 Å². The lowest BCUT2D eigenvalue weighted by Crippen LogP contribution is -1.95. The Morgan fingerprint density at radius 1 is 1.70 bits per heavy atom. The topological polar surface area (TPSA) is 68.9 Å². The zero-order chi connectivity index (χ0) is 7.56. The van der Waals surface area contributed by atoms with Crippen molar-refractivity contribution in [1.29, 1.82) is 0 Å². The molecular formula is C4H2FN3O2. The molecule has 0 aliphatic rings. The van der Waals surface area contributed by atoms with Crippen molar-refractivity contribution in [3.63, 3.8) is 0 Å². The zero-order valence-corrected chi connectivity index (χ0v) is 4.69. The molecule has 1 heterocycles. The Balaban J connectivity index is 3.07. The van der Waals surface area contributed by atoms with Gasteiger partial charge in [0.2, 0.25) is 0 Å². The average Bonchev–Trinajstić information content (AvgIpc) is 1.88. The third-order valence-corrected chi connectivity index (χ3v) is 0.799. The van der Waals surface area contributed by atoms with E-state index >= 15 is 0 Å². The van der Waals surface area contributed by atoms with Crippen LogP contribution in [0, 0.1) is 16.2 Å². The van der Waals surface area contributed by atoms with Crippen LogP contribution in [0.4, 0.5) is 10.2 Å². The monoisotopic (exact) mass is 143 g/mol. The van der Waals surface area contributed by atoms with E-state index in [1.807, 2.05) is 0 Å². The number of halogens is 1. The molecule has 0 spiro atoms. The Bertz CT molecular complexity index is 264. The first-order valence-electron chi connectivity index (χ1n) is 2.33. The number of aromatic nitrogens is 2. The van der Waals surface area contributed by atoms with Gasteiger partial charge in [0.05, 0.1) is 6.07 Å². The van der Waals surface area contributed by atoms with Crippen LogP contribution in [0.2, 0.25) is 0 Å². The molecule has 10 heavy (non-hydrogen) atoms. The fourth-order valence-corrected chi connectivity index (χ4v) is 0.428. The highest BCUT2D eigenvalue weighted by atomic mass is 19.1. The van der Waals surface area contributed by atoms with Crippen LogP contribution in [-0.4, -0.2) is 14.9 Å². The van der Waals surface area contributed by atoms with E-state index in [2.05, 4.69) is 9.97 Å². The summed E-state index contributed by atoms with van der Waals surface area (Å²) in [7, 11) is 0. The number of nitro groups is 1. The highest BCUT2D eigenvalue weighted by molar-refractivity contribution is 5.13. The van der Waals surface area contributed by atoms with Gasteiger partial charge in [0.15, 0.2) is 0 Å². The maximum Gasteiger partial charge on any atom is 0.423 e. The van der Waals surface area contributed by atoms with E-state index in [4.69, 9.17) is 0 Å². The highest BCUT2D eigenvalue weighted by Crippen LogP contribution is 2.02. The summed E-state index contributed by atoms with van der Waals surface area (Å²) in [5, 5.41) is 9.90. The van der Waals surface area contributed by atoms with Gasteiger partial charge in [-0.15, -0.1) is 4.39 Å². The molecule has 1 aromatic heterocycles. The van der Waals surface area contributed by atoms with E-state index in [0.717, 1.165) is 12.3 Å². The van der Waals surface area contributed by atoms with Crippen molar-refractivity contribution in [1.82, 2.24) is 9.97 Å². The largest absolute Gasteiger partial charge is 0.423 e. The third-order valence-electron chi connectivity index (χ3n) is 0.799. The minimum Gasteiger partial charge on any atom is -0.358 e. The molecule has 1 rings (SSSR count). The summed E-state index contributed by atoms with van der Waals surface area (Å²) in [6.07, 6.45) is -0.102. The first kappa shape index (κ1) is 6.53. The maximum absolute atomic E-state index is 12.0. The predicted octanol–water partition coefficient (Wildman–Crippen LogP) is 0.524. The van der Waals surface area contributed by atoms with Crippen molar-refractivity contribution in [3.8, 4) is 0 Å². The highest BCUT2D eigenvalue weighted by Gasteiger charge is 2.08. The van der Waals surface area contributed by atoms with Crippen molar-refractivity contribution in [3.05, 3.63) is 28.5 Å². The van der Waals surface area contributed by atoms with Gasteiger partial charge in [-0.1, -0.05) is 0 Å². The van der Waals surface area contributed by atoms with Crippen LogP contribution in [0.25, 0.3) is 0 Å². The molecule has 0 aliphatic carbocycles. The standard InChI is InChI=1S/C4H2FN3O2/c5-4-6-2-1-3(7-4)8(9)10/h1-2H. The van der Waals surface area contributed by atoms with Crippen LogP contribution in [0.1, 0.15) is 0 Å². The van der Waals surface area contributed by atoms with E-state index in [1.54, 1.807) is 0 Å². The lowest BCUT2D eigenvalue weighted by atomic mass is 10.6. The van der Waals surface area contributed by atoms with Gasteiger partial charge in [-0.25, -0.2) is 0 Å². The van der Waals surface area contributed by atoms with Crippen molar-refractivity contribution in [2.24, 2.45) is 0 Å². The van der Waals surface area contributed by atoms with Gasteiger partial charge >= 0.3 is 11.9 Å². The first-order chi connectivity index (χ1) is 4.70. The minimum atomic E-state index is -1.09. The quantitative estimate of drug-likeness (QED) is 0.326. The lowest BCUT2D eigenvalue weighted by Gasteiger charge is -1.87. The van der Waals surface area contributed by atoms with E-state index in [0.29, 0.717) is 0 Å². The fourth-order valence-electron chi connectivity index (χ4n) is 0.428. The summed E-state index contributed by atoms with van der Waals surface area (Å²) in [4.78, 5) is 15.1. The summed E-state index contributed by atoms with van der Waals surface area (Å²) in [5.74, 6) is -0.535. The molecule has 52 valence electrons. The van der Waals surface area contributed by atoms with Gasteiger partial charge < -0.3 is 10.1 Å². The molecule has 0 aliphatic heterocycles. The van der Waals surface area contributed by atoms with Gasteiger partial charge in [-0.3, -0.25) is 0 Å². The van der Waals surface area contributed by atoms with Crippen molar-refractivity contribution < 1.29 is 9.31 Å².